The molecule has 2 aromatic rings. The van der Waals surface area contributed by atoms with Crippen molar-refractivity contribution in [3.63, 3.8) is 0 Å². The van der Waals surface area contributed by atoms with Gasteiger partial charge in [-0.15, -0.1) is 0 Å². The van der Waals surface area contributed by atoms with Crippen LogP contribution in [0.1, 0.15) is 39.2 Å². The van der Waals surface area contributed by atoms with Gasteiger partial charge in [0.25, 0.3) is 5.91 Å². The molecule has 0 aliphatic carbocycles. The normalized spacial score (nSPS) is 11.7. The van der Waals surface area contributed by atoms with E-state index in [1.807, 2.05) is 0 Å². The third-order valence-corrected chi connectivity index (χ3v) is 3.75. The second-order valence-electron chi connectivity index (χ2n) is 5.34. The van der Waals surface area contributed by atoms with E-state index >= 15 is 0 Å². The summed E-state index contributed by atoms with van der Waals surface area (Å²) in [6, 6.07) is 9.72. The van der Waals surface area contributed by atoms with E-state index in [9.17, 15) is 19.1 Å². The maximum absolute atomic E-state index is 13.0. The van der Waals surface area contributed by atoms with E-state index < -0.39 is 11.9 Å². The predicted molar refractivity (Wildman–Crippen MR) is 93.1 cm³/mol. The van der Waals surface area contributed by atoms with Crippen molar-refractivity contribution in [1.29, 1.82) is 0 Å². The number of nitrogens with one attached hydrogen (secondary N) is 1. The van der Waals surface area contributed by atoms with Crippen LogP contribution in [0.3, 0.4) is 0 Å². The number of hydrogen-bond donors (Lipinski definition) is 3. The van der Waals surface area contributed by atoms with E-state index in [-0.39, 0.29) is 23.0 Å². The number of thiol groups is 1. The smallest absolute Gasteiger partial charge is 0.335 e. The number of rotatable bonds is 5. The summed E-state index contributed by atoms with van der Waals surface area (Å²) in [5.41, 5.74) is 1.43. The van der Waals surface area contributed by atoms with Crippen molar-refractivity contribution in [1.82, 2.24) is 5.32 Å². The van der Waals surface area contributed by atoms with Gasteiger partial charge in [-0.3, -0.25) is 4.79 Å². The second kappa shape index (κ2) is 7.35. The first-order valence-electron chi connectivity index (χ1n) is 7.15. The maximum atomic E-state index is 13.0. The van der Waals surface area contributed by atoms with Crippen LogP contribution in [0.5, 0.6) is 0 Å². The minimum atomic E-state index is -1.13. The number of carboxylic acids is 1. The molecule has 0 aliphatic heterocycles. The molecule has 5 nitrogen and oxygen atoms in total. The molecule has 0 bridgehead atoms. The predicted octanol–water partition coefficient (Wildman–Crippen LogP) is 3.30. The topological polar surface area (TPSA) is 69.6 Å². The molecule has 2 rings (SSSR count). The summed E-state index contributed by atoms with van der Waals surface area (Å²) in [4.78, 5) is 23.6. The van der Waals surface area contributed by atoms with Crippen LogP contribution in [0.25, 0.3) is 0 Å². The highest BCUT2D eigenvalue weighted by Crippen LogP contribution is 2.21. The van der Waals surface area contributed by atoms with Crippen LogP contribution in [0, 0.1) is 5.82 Å². The monoisotopic (exact) mass is 348 g/mol. The standard InChI is InChI=1S/C17H17FN2O3S/c1-10(11-3-5-14(18)6-4-11)19-16(21)12-7-13(17(22)23)9-15(8-12)20(2)24/h3-10,24H,1-2H3,(H,19,21)(H,22,23)/t10-/m1/s1. The average molecular weight is 348 g/mol. The first-order chi connectivity index (χ1) is 11.3. The van der Waals surface area contributed by atoms with Gasteiger partial charge in [0.15, 0.2) is 0 Å². The fourth-order valence-corrected chi connectivity index (χ4v) is 2.28. The summed E-state index contributed by atoms with van der Waals surface area (Å²) < 4.78 is 14.4. The largest absolute Gasteiger partial charge is 0.478 e. The number of hydrogen-bond acceptors (Lipinski definition) is 4. The summed E-state index contributed by atoms with van der Waals surface area (Å²) in [7, 11) is 1.63. The minimum absolute atomic E-state index is 0.00650. The molecule has 0 unspecified atom stereocenters. The maximum Gasteiger partial charge on any atom is 0.335 e. The van der Waals surface area contributed by atoms with Gasteiger partial charge in [0.05, 0.1) is 11.6 Å². The molecule has 2 N–H and O–H groups in total. The fourth-order valence-electron chi connectivity index (χ4n) is 2.17. The Morgan fingerprint density at radius 3 is 2.29 bits per heavy atom. The SMILES string of the molecule is C[C@@H](NC(=O)c1cc(C(=O)O)cc(N(C)S)c1)c1ccc(F)cc1. The minimum Gasteiger partial charge on any atom is -0.478 e. The van der Waals surface area contributed by atoms with Crippen LogP contribution >= 0.6 is 12.8 Å². The van der Waals surface area contributed by atoms with Gasteiger partial charge in [-0.05, 0) is 42.8 Å². The summed E-state index contributed by atoms with van der Waals surface area (Å²) >= 11 is 4.13. The number of anilines is 1. The van der Waals surface area contributed by atoms with Crippen LogP contribution in [-0.2, 0) is 0 Å². The number of aromatic carboxylic acids is 1. The lowest BCUT2D eigenvalue weighted by molar-refractivity contribution is 0.0697. The van der Waals surface area contributed by atoms with Gasteiger partial charge in [-0.1, -0.05) is 24.9 Å². The zero-order valence-electron chi connectivity index (χ0n) is 13.2. The highest BCUT2D eigenvalue weighted by molar-refractivity contribution is 7.81. The number of carbonyl (C=O) groups is 2. The molecular formula is C17H17FN2O3S. The van der Waals surface area contributed by atoms with E-state index in [1.54, 1.807) is 32.2 Å². The van der Waals surface area contributed by atoms with Crippen LogP contribution in [0.4, 0.5) is 10.1 Å². The number of nitrogens with zero attached hydrogens (tertiary/aromatic N) is 1. The van der Waals surface area contributed by atoms with Crippen molar-refractivity contribution in [2.24, 2.45) is 0 Å². The summed E-state index contributed by atoms with van der Waals surface area (Å²) in [5, 5.41) is 11.9. The fraction of sp³-hybridized carbons (Fsp3) is 0.176. The highest BCUT2D eigenvalue weighted by atomic mass is 32.1. The molecule has 0 aliphatic rings. The first-order valence-corrected chi connectivity index (χ1v) is 7.55. The number of benzene rings is 2. The Morgan fingerprint density at radius 2 is 1.75 bits per heavy atom. The Bertz CT molecular complexity index is 763. The van der Waals surface area contributed by atoms with Gasteiger partial charge in [-0.2, -0.15) is 0 Å². The van der Waals surface area contributed by atoms with Crippen LogP contribution in [-0.4, -0.2) is 24.0 Å². The Labute approximate surface area is 144 Å². The Balaban J connectivity index is 2.25. The summed E-state index contributed by atoms with van der Waals surface area (Å²) in [6.07, 6.45) is 0. The van der Waals surface area contributed by atoms with Crippen molar-refractivity contribution < 1.29 is 19.1 Å². The molecule has 0 fully saturated rings. The van der Waals surface area contributed by atoms with E-state index in [4.69, 9.17) is 0 Å². The molecule has 0 radical (unpaired) electrons. The molecule has 24 heavy (non-hydrogen) atoms. The van der Waals surface area contributed by atoms with Crippen molar-refractivity contribution in [3.05, 3.63) is 65.0 Å². The molecule has 126 valence electrons. The van der Waals surface area contributed by atoms with E-state index in [0.717, 1.165) is 5.56 Å². The molecule has 0 saturated heterocycles. The zero-order valence-corrected chi connectivity index (χ0v) is 14.0. The lowest BCUT2D eigenvalue weighted by Gasteiger charge is -2.17. The number of carboxylic acid groups (broad SMARTS) is 1. The summed E-state index contributed by atoms with van der Waals surface area (Å²) in [5.74, 6) is -1.91. The quantitative estimate of drug-likeness (QED) is 0.725. The second-order valence-corrected chi connectivity index (χ2v) is 5.94. The van der Waals surface area contributed by atoms with Gasteiger partial charge in [0, 0.05) is 18.3 Å². The Kier molecular flexibility index (Phi) is 5.46. The van der Waals surface area contributed by atoms with Crippen molar-refractivity contribution >= 4 is 30.4 Å². The molecule has 0 aromatic heterocycles. The van der Waals surface area contributed by atoms with Crippen LogP contribution in [0.2, 0.25) is 0 Å². The third-order valence-electron chi connectivity index (χ3n) is 3.52. The number of carbonyl (C=O) groups excluding carboxylic acids is 1. The van der Waals surface area contributed by atoms with Gasteiger partial charge in [0.2, 0.25) is 0 Å². The molecule has 7 heteroatoms. The average Bonchev–Trinajstić information content (AvgIpc) is 2.54. The molecular weight excluding hydrogens is 331 g/mol. The first kappa shape index (κ1) is 17.8. The molecule has 0 heterocycles. The molecule has 2 aromatic carbocycles. The number of amides is 1. The van der Waals surface area contributed by atoms with E-state index in [2.05, 4.69) is 18.1 Å². The van der Waals surface area contributed by atoms with E-state index in [0.29, 0.717) is 5.69 Å². The van der Waals surface area contributed by atoms with Gasteiger partial charge in [-0.25, -0.2) is 9.18 Å². The van der Waals surface area contributed by atoms with Gasteiger partial charge in [0.1, 0.15) is 5.82 Å². The third kappa shape index (κ3) is 4.26. The molecule has 1 amide bonds. The Morgan fingerprint density at radius 1 is 1.17 bits per heavy atom. The highest BCUT2D eigenvalue weighted by Gasteiger charge is 2.16. The van der Waals surface area contributed by atoms with Gasteiger partial charge >= 0.3 is 5.97 Å². The lowest BCUT2D eigenvalue weighted by atomic mass is 10.1. The van der Waals surface area contributed by atoms with Crippen molar-refractivity contribution in [2.45, 2.75) is 13.0 Å². The van der Waals surface area contributed by atoms with Gasteiger partial charge < -0.3 is 14.7 Å². The number of halogens is 1. The van der Waals surface area contributed by atoms with E-state index in [1.165, 1.54) is 28.6 Å². The summed E-state index contributed by atoms with van der Waals surface area (Å²) in [6.45, 7) is 1.76. The Hall–Kier alpha value is -2.54. The molecule has 0 spiro atoms. The van der Waals surface area contributed by atoms with Crippen molar-refractivity contribution in [2.75, 3.05) is 11.4 Å². The van der Waals surface area contributed by atoms with Crippen LogP contribution in [0.15, 0.2) is 42.5 Å². The zero-order chi connectivity index (χ0) is 17.9. The lowest BCUT2D eigenvalue weighted by Crippen LogP contribution is -2.27. The molecule has 1 atom stereocenters. The van der Waals surface area contributed by atoms with Crippen LogP contribution < -0.4 is 9.62 Å². The van der Waals surface area contributed by atoms with Crippen molar-refractivity contribution in [3.8, 4) is 0 Å². The molecule has 0 saturated carbocycles.